The first-order valence-corrected chi connectivity index (χ1v) is 8.86. The highest BCUT2D eigenvalue weighted by Gasteiger charge is 2.25. The van der Waals surface area contributed by atoms with Crippen LogP contribution in [0.4, 0.5) is 17.2 Å². The molecule has 126 valence electrons. The van der Waals surface area contributed by atoms with Crippen molar-refractivity contribution < 1.29 is 4.79 Å². The standard InChI is InChI=1S/C20H25N3O/c1-3-14-7-5-8-15(4-2)19(14)22-17-11-12-18(21-13-17)23-20(24)16-9-6-10-16/h5,7-8,11-13,16,22H,3-4,6,9-10H2,1-2H3,(H,21,23,24). The van der Waals surface area contributed by atoms with Gasteiger partial charge in [0.15, 0.2) is 0 Å². The second-order valence-corrected chi connectivity index (χ2v) is 6.33. The fourth-order valence-electron chi connectivity index (χ4n) is 2.99. The largest absolute Gasteiger partial charge is 0.354 e. The van der Waals surface area contributed by atoms with Gasteiger partial charge in [0.1, 0.15) is 5.82 Å². The molecule has 3 rings (SSSR count). The number of rotatable bonds is 6. The molecule has 0 atom stereocenters. The van der Waals surface area contributed by atoms with E-state index in [1.54, 1.807) is 6.20 Å². The van der Waals surface area contributed by atoms with E-state index >= 15 is 0 Å². The van der Waals surface area contributed by atoms with Gasteiger partial charge in [0, 0.05) is 11.6 Å². The highest BCUT2D eigenvalue weighted by Crippen LogP contribution is 2.28. The average molecular weight is 323 g/mol. The van der Waals surface area contributed by atoms with Crippen molar-refractivity contribution in [2.45, 2.75) is 46.0 Å². The predicted molar refractivity (Wildman–Crippen MR) is 98.7 cm³/mol. The number of benzene rings is 1. The first-order chi connectivity index (χ1) is 11.7. The molecular weight excluding hydrogens is 298 g/mol. The Labute approximate surface area is 143 Å². The fourth-order valence-corrected chi connectivity index (χ4v) is 2.99. The zero-order chi connectivity index (χ0) is 16.9. The van der Waals surface area contributed by atoms with Crippen LogP contribution in [-0.4, -0.2) is 10.9 Å². The molecule has 24 heavy (non-hydrogen) atoms. The number of nitrogens with zero attached hydrogens (tertiary/aromatic N) is 1. The number of para-hydroxylation sites is 1. The van der Waals surface area contributed by atoms with Gasteiger partial charge in [-0.15, -0.1) is 0 Å². The van der Waals surface area contributed by atoms with E-state index in [0.29, 0.717) is 5.82 Å². The smallest absolute Gasteiger partial charge is 0.228 e. The van der Waals surface area contributed by atoms with Gasteiger partial charge in [0.2, 0.25) is 5.91 Å². The highest BCUT2D eigenvalue weighted by molar-refractivity contribution is 5.92. The first kappa shape index (κ1) is 16.5. The molecule has 1 saturated carbocycles. The summed E-state index contributed by atoms with van der Waals surface area (Å²) in [5.41, 5.74) is 4.72. The molecule has 4 nitrogen and oxygen atoms in total. The van der Waals surface area contributed by atoms with E-state index in [9.17, 15) is 4.79 Å². The van der Waals surface area contributed by atoms with Crippen LogP contribution in [0.15, 0.2) is 36.5 Å². The van der Waals surface area contributed by atoms with Crippen LogP contribution in [-0.2, 0) is 17.6 Å². The van der Waals surface area contributed by atoms with Gasteiger partial charge in [0.05, 0.1) is 11.9 Å². The number of pyridine rings is 1. The molecule has 2 aromatic rings. The van der Waals surface area contributed by atoms with Crippen LogP contribution in [0, 0.1) is 5.92 Å². The summed E-state index contributed by atoms with van der Waals surface area (Å²) < 4.78 is 0. The minimum Gasteiger partial charge on any atom is -0.354 e. The van der Waals surface area contributed by atoms with E-state index in [1.165, 1.54) is 16.8 Å². The maximum Gasteiger partial charge on any atom is 0.228 e. The number of amides is 1. The summed E-state index contributed by atoms with van der Waals surface area (Å²) in [5.74, 6) is 0.893. The summed E-state index contributed by atoms with van der Waals surface area (Å²) in [6.07, 6.45) is 6.91. The molecular formula is C20H25N3O. The lowest BCUT2D eigenvalue weighted by atomic mass is 9.85. The van der Waals surface area contributed by atoms with Crippen molar-refractivity contribution in [3.05, 3.63) is 47.7 Å². The number of carbonyl (C=O) groups is 1. The monoisotopic (exact) mass is 323 g/mol. The zero-order valence-corrected chi connectivity index (χ0v) is 14.4. The number of hydrogen-bond acceptors (Lipinski definition) is 3. The Morgan fingerprint density at radius 3 is 2.33 bits per heavy atom. The summed E-state index contributed by atoms with van der Waals surface area (Å²) in [5, 5.41) is 6.40. The van der Waals surface area contributed by atoms with Crippen LogP contribution in [0.3, 0.4) is 0 Å². The van der Waals surface area contributed by atoms with Crippen molar-refractivity contribution in [3.8, 4) is 0 Å². The van der Waals surface area contributed by atoms with Gasteiger partial charge < -0.3 is 10.6 Å². The molecule has 0 bridgehead atoms. The Morgan fingerprint density at radius 2 is 1.83 bits per heavy atom. The van der Waals surface area contributed by atoms with Crippen LogP contribution in [0.25, 0.3) is 0 Å². The second kappa shape index (κ2) is 7.47. The summed E-state index contributed by atoms with van der Waals surface area (Å²) in [7, 11) is 0. The molecule has 0 unspecified atom stereocenters. The Kier molecular flexibility index (Phi) is 5.14. The summed E-state index contributed by atoms with van der Waals surface area (Å²) >= 11 is 0. The third-order valence-electron chi connectivity index (χ3n) is 4.76. The van der Waals surface area contributed by atoms with Crippen LogP contribution in [0.1, 0.15) is 44.2 Å². The second-order valence-electron chi connectivity index (χ2n) is 6.33. The molecule has 0 spiro atoms. The minimum atomic E-state index is 0.0963. The molecule has 0 aliphatic heterocycles. The van der Waals surface area contributed by atoms with Crippen molar-refractivity contribution in [2.75, 3.05) is 10.6 Å². The van der Waals surface area contributed by atoms with Gasteiger partial charge in [0.25, 0.3) is 0 Å². The van der Waals surface area contributed by atoms with Crippen molar-refractivity contribution in [1.82, 2.24) is 4.98 Å². The molecule has 1 aliphatic rings. The van der Waals surface area contributed by atoms with Crippen molar-refractivity contribution in [2.24, 2.45) is 5.92 Å². The van der Waals surface area contributed by atoms with E-state index < -0.39 is 0 Å². The average Bonchev–Trinajstić information content (AvgIpc) is 2.55. The van der Waals surface area contributed by atoms with Crippen LogP contribution in [0.2, 0.25) is 0 Å². The number of aromatic nitrogens is 1. The molecule has 2 N–H and O–H groups in total. The van der Waals surface area contributed by atoms with Gasteiger partial charge in [-0.3, -0.25) is 4.79 Å². The van der Waals surface area contributed by atoms with Crippen molar-refractivity contribution >= 4 is 23.1 Å². The number of hydrogen-bond donors (Lipinski definition) is 2. The Balaban J connectivity index is 1.71. The summed E-state index contributed by atoms with van der Waals surface area (Å²) in [4.78, 5) is 16.3. The molecule has 0 radical (unpaired) electrons. The maximum absolute atomic E-state index is 12.0. The Bertz CT molecular complexity index is 683. The van der Waals surface area contributed by atoms with Crippen molar-refractivity contribution in [1.29, 1.82) is 0 Å². The minimum absolute atomic E-state index is 0.0963. The van der Waals surface area contributed by atoms with E-state index in [4.69, 9.17) is 0 Å². The number of aryl methyl sites for hydroxylation is 2. The predicted octanol–water partition coefficient (Wildman–Crippen LogP) is 4.69. The third-order valence-corrected chi connectivity index (χ3v) is 4.76. The number of carbonyl (C=O) groups excluding carboxylic acids is 1. The fraction of sp³-hybridized carbons (Fsp3) is 0.400. The van der Waals surface area contributed by atoms with Gasteiger partial charge >= 0.3 is 0 Å². The maximum atomic E-state index is 12.0. The lowest BCUT2D eigenvalue weighted by Gasteiger charge is -2.23. The van der Waals surface area contributed by atoms with E-state index in [2.05, 4.69) is 47.7 Å². The lowest BCUT2D eigenvalue weighted by Crippen LogP contribution is -2.28. The van der Waals surface area contributed by atoms with E-state index in [0.717, 1.165) is 37.8 Å². The van der Waals surface area contributed by atoms with Crippen molar-refractivity contribution in [3.63, 3.8) is 0 Å². The van der Waals surface area contributed by atoms with Gasteiger partial charge in [-0.05, 0) is 48.9 Å². The molecule has 4 heteroatoms. The first-order valence-electron chi connectivity index (χ1n) is 8.86. The molecule has 1 fully saturated rings. The van der Waals surface area contributed by atoms with E-state index in [1.807, 2.05) is 12.1 Å². The molecule has 1 aromatic heterocycles. The molecule has 0 saturated heterocycles. The number of anilines is 3. The summed E-state index contributed by atoms with van der Waals surface area (Å²) in [6.45, 7) is 4.33. The van der Waals surface area contributed by atoms with Crippen LogP contribution < -0.4 is 10.6 Å². The molecule has 1 aromatic carbocycles. The Hall–Kier alpha value is -2.36. The SMILES string of the molecule is CCc1cccc(CC)c1Nc1ccc(NC(=O)C2CCC2)nc1. The normalized spacial score (nSPS) is 14.1. The van der Waals surface area contributed by atoms with Crippen LogP contribution in [0.5, 0.6) is 0 Å². The quantitative estimate of drug-likeness (QED) is 0.811. The summed E-state index contributed by atoms with van der Waals surface area (Å²) in [6, 6.07) is 10.2. The highest BCUT2D eigenvalue weighted by atomic mass is 16.2. The Morgan fingerprint density at radius 1 is 1.12 bits per heavy atom. The van der Waals surface area contributed by atoms with Gasteiger partial charge in [-0.1, -0.05) is 38.5 Å². The van der Waals surface area contributed by atoms with Gasteiger partial charge in [-0.25, -0.2) is 4.98 Å². The number of nitrogens with one attached hydrogen (secondary N) is 2. The molecule has 1 aliphatic carbocycles. The third kappa shape index (κ3) is 3.58. The zero-order valence-electron chi connectivity index (χ0n) is 14.4. The molecule has 1 heterocycles. The lowest BCUT2D eigenvalue weighted by molar-refractivity contribution is -0.122. The topological polar surface area (TPSA) is 54.0 Å². The molecule has 1 amide bonds. The van der Waals surface area contributed by atoms with E-state index in [-0.39, 0.29) is 11.8 Å². The van der Waals surface area contributed by atoms with Crippen LogP contribution >= 0.6 is 0 Å². The van der Waals surface area contributed by atoms with Gasteiger partial charge in [-0.2, -0.15) is 0 Å².